The molecular weight excluding hydrogens is 266 g/mol. The van der Waals surface area contributed by atoms with E-state index in [4.69, 9.17) is 0 Å². The minimum atomic E-state index is -0.0667. The second-order valence-electron chi connectivity index (χ2n) is 7.08. The minimum Gasteiger partial charge on any atom is -0.355 e. The molecule has 3 atom stereocenters. The predicted octanol–water partition coefficient (Wildman–Crippen LogP) is 1.14. The van der Waals surface area contributed by atoms with Crippen molar-refractivity contribution in [3.63, 3.8) is 0 Å². The van der Waals surface area contributed by atoms with E-state index in [0.29, 0.717) is 31.8 Å². The van der Waals surface area contributed by atoms with Gasteiger partial charge in [-0.05, 0) is 39.3 Å². The van der Waals surface area contributed by atoms with Gasteiger partial charge < -0.3 is 15.5 Å². The van der Waals surface area contributed by atoms with Gasteiger partial charge in [-0.1, -0.05) is 19.8 Å². The summed E-state index contributed by atoms with van der Waals surface area (Å²) >= 11 is 0. The number of nitrogens with zero attached hydrogens (tertiary/aromatic N) is 1. The number of hydrogen-bond acceptors (Lipinski definition) is 3. The highest BCUT2D eigenvalue weighted by Gasteiger charge is 2.37. The Hall–Kier alpha value is -1.10. The lowest BCUT2D eigenvalue weighted by Crippen LogP contribution is -2.56. The van der Waals surface area contributed by atoms with Crippen LogP contribution < -0.4 is 10.6 Å². The normalized spacial score (nSPS) is 33.6. The molecule has 0 bridgehead atoms. The molecule has 5 heteroatoms. The summed E-state index contributed by atoms with van der Waals surface area (Å²) in [6, 6.07) is 0. The maximum atomic E-state index is 12.3. The van der Waals surface area contributed by atoms with Crippen LogP contribution in [0.2, 0.25) is 0 Å². The van der Waals surface area contributed by atoms with E-state index >= 15 is 0 Å². The number of rotatable bonds is 4. The third-order valence-corrected chi connectivity index (χ3v) is 5.24. The van der Waals surface area contributed by atoms with Gasteiger partial charge in [0.2, 0.25) is 11.8 Å². The monoisotopic (exact) mass is 295 g/mol. The van der Waals surface area contributed by atoms with Gasteiger partial charge in [0.1, 0.15) is 0 Å². The van der Waals surface area contributed by atoms with E-state index in [2.05, 4.69) is 36.6 Å². The van der Waals surface area contributed by atoms with Crippen molar-refractivity contribution in [3.05, 3.63) is 0 Å². The number of nitrogens with one attached hydrogen (secondary N) is 2. The van der Waals surface area contributed by atoms with Crippen LogP contribution in [0.15, 0.2) is 0 Å². The smallest absolute Gasteiger partial charge is 0.224 e. The topological polar surface area (TPSA) is 61.4 Å². The average Bonchev–Trinajstić information content (AvgIpc) is 2.45. The predicted molar refractivity (Wildman–Crippen MR) is 82.8 cm³/mol. The van der Waals surface area contributed by atoms with Crippen molar-refractivity contribution >= 4 is 11.8 Å². The molecule has 3 unspecified atom stereocenters. The number of piperidine rings is 1. The summed E-state index contributed by atoms with van der Waals surface area (Å²) in [5.41, 5.74) is 0.0885. The zero-order valence-electron chi connectivity index (χ0n) is 13.6. The highest BCUT2D eigenvalue weighted by Crippen LogP contribution is 2.35. The Morgan fingerprint density at radius 3 is 2.76 bits per heavy atom. The first-order valence-electron chi connectivity index (χ1n) is 8.15. The first-order valence-corrected chi connectivity index (χ1v) is 8.15. The van der Waals surface area contributed by atoms with Crippen molar-refractivity contribution in [1.82, 2.24) is 15.5 Å². The third kappa shape index (κ3) is 3.96. The van der Waals surface area contributed by atoms with E-state index in [1.54, 1.807) is 0 Å². The largest absolute Gasteiger partial charge is 0.355 e. The lowest BCUT2D eigenvalue weighted by molar-refractivity contribution is -0.129. The Bertz CT molecular complexity index is 387. The van der Waals surface area contributed by atoms with Gasteiger partial charge in [-0.3, -0.25) is 9.59 Å². The van der Waals surface area contributed by atoms with Crippen LogP contribution in [0, 0.1) is 11.8 Å². The van der Waals surface area contributed by atoms with Crippen LogP contribution in [0.1, 0.15) is 45.4 Å². The van der Waals surface area contributed by atoms with E-state index in [-0.39, 0.29) is 23.3 Å². The van der Waals surface area contributed by atoms with E-state index in [9.17, 15) is 9.59 Å². The van der Waals surface area contributed by atoms with Gasteiger partial charge in [0.15, 0.2) is 0 Å². The standard InChI is InChI=1S/C16H29N3O2/c1-12-5-4-8-16(9-12,19(2)3)11-18-15(21)13-6-7-14(20)17-10-13/h12-13H,4-11H2,1-3H3,(H,17,20)(H,18,21). The molecule has 2 aliphatic rings. The fourth-order valence-electron chi connectivity index (χ4n) is 3.71. The van der Waals surface area contributed by atoms with Gasteiger partial charge >= 0.3 is 0 Å². The molecule has 120 valence electrons. The van der Waals surface area contributed by atoms with Gasteiger partial charge in [-0.2, -0.15) is 0 Å². The highest BCUT2D eigenvalue weighted by molar-refractivity contribution is 5.83. The van der Waals surface area contributed by atoms with E-state index in [1.165, 1.54) is 12.8 Å². The molecule has 2 fully saturated rings. The number of hydrogen-bond donors (Lipinski definition) is 2. The summed E-state index contributed by atoms with van der Waals surface area (Å²) in [4.78, 5) is 25.8. The van der Waals surface area contributed by atoms with Gasteiger partial charge in [0.25, 0.3) is 0 Å². The molecule has 1 aliphatic carbocycles. The molecule has 2 N–H and O–H groups in total. The second-order valence-corrected chi connectivity index (χ2v) is 7.08. The fraction of sp³-hybridized carbons (Fsp3) is 0.875. The van der Waals surface area contributed by atoms with Gasteiger partial charge in [0.05, 0.1) is 5.92 Å². The summed E-state index contributed by atoms with van der Waals surface area (Å²) in [5, 5.41) is 5.93. The van der Waals surface area contributed by atoms with Crippen LogP contribution in [0.3, 0.4) is 0 Å². The van der Waals surface area contributed by atoms with Crippen LogP contribution in [0.4, 0.5) is 0 Å². The summed E-state index contributed by atoms with van der Waals surface area (Å²) in [6.45, 7) is 3.50. The molecule has 0 radical (unpaired) electrons. The number of carbonyl (C=O) groups is 2. The molecule has 1 heterocycles. The highest BCUT2D eigenvalue weighted by atomic mass is 16.2. The number of carbonyl (C=O) groups excluding carboxylic acids is 2. The average molecular weight is 295 g/mol. The van der Waals surface area contributed by atoms with E-state index in [0.717, 1.165) is 12.8 Å². The Labute approximate surface area is 127 Å². The molecule has 0 spiro atoms. The van der Waals surface area contributed by atoms with Crippen LogP contribution in [-0.4, -0.2) is 49.4 Å². The van der Waals surface area contributed by atoms with Gasteiger partial charge in [-0.15, -0.1) is 0 Å². The van der Waals surface area contributed by atoms with Crippen molar-refractivity contribution in [3.8, 4) is 0 Å². The first kappa shape index (κ1) is 16.3. The molecule has 1 saturated carbocycles. The summed E-state index contributed by atoms with van der Waals surface area (Å²) < 4.78 is 0. The van der Waals surface area contributed by atoms with Crippen molar-refractivity contribution < 1.29 is 9.59 Å². The van der Waals surface area contributed by atoms with Crippen LogP contribution in [0.25, 0.3) is 0 Å². The molecule has 2 amide bonds. The lowest BCUT2D eigenvalue weighted by Gasteiger charge is -2.45. The summed E-state index contributed by atoms with van der Waals surface area (Å²) in [5.74, 6) is 0.800. The Morgan fingerprint density at radius 1 is 1.43 bits per heavy atom. The van der Waals surface area contributed by atoms with Gasteiger partial charge in [0, 0.05) is 25.0 Å². The molecule has 21 heavy (non-hydrogen) atoms. The minimum absolute atomic E-state index is 0.0601. The molecule has 2 rings (SSSR count). The maximum absolute atomic E-state index is 12.3. The quantitative estimate of drug-likeness (QED) is 0.817. The second kappa shape index (κ2) is 6.77. The Morgan fingerprint density at radius 2 is 2.19 bits per heavy atom. The van der Waals surface area contributed by atoms with Crippen molar-refractivity contribution in [2.24, 2.45) is 11.8 Å². The number of amides is 2. The fourth-order valence-corrected chi connectivity index (χ4v) is 3.71. The lowest BCUT2D eigenvalue weighted by atomic mass is 9.75. The van der Waals surface area contributed by atoms with E-state index in [1.807, 2.05) is 0 Å². The molecule has 0 aromatic rings. The Balaban J connectivity index is 1.89. The third-order valence-electron chi connectivity index (χ3n) is 5.24. The summed E-state index contributed by atoms with van der Waals surface area (Å²) in [6.07, 6.45) is 5.94. The zero-order chi connectivity index (χ0) is 15.5. The van der Waals surface area contributed by atoms with Crippen LogP contribution >= 0.6 is 0 Å². The van der Waals surface area contributed by atoms with Crippen molar-refractivity contribution in [1.29, 1.82) is 0 Å². The molecule has 1 saturated heterocycles. The molecule has 1 aliphatic heterocycles. The maximum Gasteiger partial charge on any atom is 0.224 e. The van der Waals surface area contributed by atoms with Crippen molar-refractivity contribution in [2.75, 3.05) is 27.2 Å². The molecular formula is C16H29N3O2. The zero-order valence-corrected chi connectivity index (χ0v) is 13.6. The number of likely N-dealkylation sites (N-methyl/N-ethyl adjacent to an activating group) is 1. The molecule has 0 aromatic carbocycles. The van der Waals surface area contributed by atoms with Crippen LogP contribution in [0.5, 0.6) is 0 Å². The molecule has 5 nitrogen and oxygen atoms in total. The summed E-state index contributed by atoms with van der Waals surface area (Å²) in [7, 11) is 4.23. The first-order chi connectivity index (χ1) is 9.93. The Kier molecular flexibility index (Phi) is 5.25. The van der Waals surface area contributed by atoms with Gasteiger partial charge in [-0.25, -0.2) is 0 Å². The molecule has 0 aromatic heterocycles. The van der Waals surface area contributed by atoms with Crippen molar-refractivity contribution in [2.45, 2.75) is 51.0 Å². The van der Waals surface area contributed by atoms with Crippen LogP contribution in [-0.2, 0) is 9.59 Å². The SMILES string of the molecule is CC1CCCC(CNC(=O)C2CCC(=O)NC2)(N(C)C)C1. The van der Waals surface area contributed by atoms with E-state index < -0.39 is 0 Å².